The zero-order valence-corrected chi connectivity index (χ0v) is 20.0. The van der Waals surface area contributed by atoms with E-state index in [1.165, 1.54) is 0 Å². The molecule has 0 atom stereocenters. The number of amides is 2. The highest BCUT2D eigenvalue weighted by Crippen LogP contribution is 2.30. The molecule has 2 aromatic carbocycles. The van der Waals surface area contributed by atoms with E-state index in [-0.39, 0.29) is 17.8 Å². The number of aromatic nitrogens is 2. The molecule has 0 aliphatic carbocycles. The molecule has 3 heterocycles. The first kappa shape index (κ1) is 22.8. The Hall–Kier alpha value is -4.01. The Morgan fingerprint density at radius 3 is 2.49 bits per heavy atom. The normalized spacial score (nSPS) is 16.5. The molecular weight excluding hydrogens is 444 g/mol. The highest BCUT2D eigenvalue weighted by atomic mass is 16.3. The van der Waals surface area contributed by atoms with Crippen molar-refractivity contribution in [3.05, 3.63) is 59.4 Å². The fourth-order valence-electron chi connectivity index (χ4n) is 4.96. The van der Waals surface area contributed by atoms with Gasteiger partial charge >= 0.3 is 6.03 Å². The van der Waals surface area contributed by atoms with Crippen LogP contribution in [0.4, 0.5) is 27.8 Å². The van der Waals surface area contributed by atoms with E-state index in [1.807, 2.05) is 36.9 Å². The molecule has 9 heteroatoms. The van der Waals surface area contributed by atoms with Gasteiger partial charge in [0.25, 0.3) is 0 Å². The summed E-state index contributed by atoms with van der Waals surface area (Å²) in [6.07, 6.45) is 3.95. The van der Waals surface area contributed by atoms with Crippen molar-refractivity contribution in [3.63, 3.8) is 0 Å². The molecule has 5 rings (SSSR count). The van der Waals surface area contributed by atoms with E-state index in [2.05, 4.69) is 25.5 Å². The number of aromatic hydroxyl groups is 2. The Morgan fingerprint density at radius 1 is 1.00 bits per heavy atom. The summed E-state index contributed by atoms with van der Waals surface area (Å²) < 4.78 is 0. The van der Waals surface area contributed by atoms with E-state index in [1.54, 1.807) is 24.5 Å². The molecule has 4 N–H and O–H groups in total. The largest absolute Gasteiger partial charge is 0.508 e. The summed E-state index contributed by atoms with van der Waals surface area (Å²) in [7, 11) is 0. The predicted octanol–water partition coefficient (Wildman–Crippen LogP) is 4.31. The Bertz CT molecular complexity index is 1230. The summed E-state index contributed by atoms with van der Waals surface area (Å²) in [5.41, 5.74) is 4.20. The predicted molar refractivity (Wildman–Crippen MR) is 136 cm³/mol. The smallest absolute Gasteiger partial charge is 0.322 e. The number of nitrogens with one attached hydrogen (secondary N) is 2. The zero-order valence-electron chi connectivity index (χ0n) is 20.0. The van der Waals surface area contributed by atoms with Crippen LogP contribution in [-0.4, -0.2) is 56.8 Å². The fourth-order valence-corrected chi connectivity index (χ4v) is 4.96. The standard InChI is InChI=1S/C26H30N6O3/c1-16-11-19(12-17(2)25(16)34)29-23-14-24(28-15-27-23)31-8-6-20(7-9-31)32-10-5-18-13-21(33)3-4-22(18)30-26(32)35/h3-4,11-15,20,33-34H,5-10H2,1-2H3,(H,30,35)(H,27,28,29). The van der Waals surface area contributed by atoms with Crippen molar-refractivity contribution in [2.75, 3.05) is 35.2 Å². The molecule has 1 aromatic heterocycles. The molecule has 2 amide bonds. The van der Waals surface area contributed by atoms with E-state index in [9.17, 15) is 15.0 Å². The van der Waals surface area contributed by atoms with Crippen LogP contribution < -0.4 is 15.5 Å². The molecule has 2 aliphatic rings. The van der Waals surface area contributed by atoms with Crippen LogP contribution in [0.3, 0.4) is 0 Å². The lowest BCUT2D eigenvalue weighted by Crippen LogP contribution is -2.49. The van der Waals surface area contributed by atoms with E-state index in [0.717, 1.165) is 59.8 Å². The average Bonchev–Trinajstić information content (AvgIpc) is 3.00. The Morgan fingerprint density at radius 2 is 1.74 bits per heavy atom. The third-order valence-electron chi connectivity index (χ3n) is 6.86. The van der Waals surface area contributed by atoms with Gasteiger partial charge in [0.05, 0.1) is 0 Å². The molecule has 0 bridgehead atoms. The van der Waals surface area contributed by atoms with Crippen LogP contribution in [0.5, 0.6) is 11.5 Å². The molecular formula is C26H30N6O3. The quantitative estimate of drug-likeness (QED) is 0.417. The molecule has 0 spiro atoms. The minimum Gasteiger partial charge on any atom is -0.508 e. The number of nitrogens with zero attached hydrogens (tertiary/aromatic N) is 4. The molecule has 0 saturated carbocycles. The molecule has 1 saturated heterocycles. The number of hydrogen-bond acceptors (Lipinski definition) is 7. The third kappa shape index (κ3) is 4.80. The van der Waals surface area contributed by atoms with Crippen molar-refractivity contribution in [3.8, 4) is 11.5 Å². The fraction of sp³-hybridized carbons (Fsp3) is 0.346. The number of urea groups is 1. The van der Waals surface area contributed by atoms with Crippen molar-refractivity contribution in [1.29, 1.82) is 0 Å². The molecule has 35 heavy (non-hydrogen) atoms. The van der Waals surface area contributed by atoms with Crippen molar-refractivity contribution >= 4 is 29.0 Å². The van der Waals surface area contributed by atoms with Crippen LogP contribution in [0.15, 0.2) is 42.7 Å². The monoisotopic (exact) mass is 474 g/mol. The Balaban J connectivity index is 1.23. The number of phenols is 2. The number of phenolic OH excluding ortho intramolecular Hbond substituents is 2. The maximum Gasteiger partial charge on any atom is 0.322 e. The van der Waals surface area contributed by atoms with Crippen LogP contribution >= 0.6 is 0 Å². The first-order valence-corrected chi connectivity index (χ1v) is 11.9. The topological polar surface area (TPSA) is 114 Å². The summed E-state index contributed by atoms with van der Waals surface area (Å²) >= 11 is 0. The zero-order chi connectivity index (χ0) is 24.5. The summed E-state index contributed by atoms with van der Waals surface area (Å²) in [6, 6.07) is 10.9. The van der Waals surface area contributed by atoms with Gasteiger partial charge in [-0.3, -0.25) is 0 Å². The number of aryl methyl sites for hydroxylation is 2. The SMILES string of the molecule is Cc1cc(Nc2cc(N3CCC(N4CCc5cc(O)ccc5NC4=O)CC3)ncn2)cc(C)c1O. The lowest BCUT2D eigenvalue weighted by Gasteiger charge is -2.38. The molecule has 0 unspecified atom stereocenters. The van der Waals surface area contributed by atoms with Gasteiger partial charge in [-0.05, 0) is 80.1 Å². The van der Waals surface area contributed by atoms with Gasteiger partial charge in [0, 0.05) is 43.1 Å². The Labute approximate surface area is 204 Å². The first-order chi connectivity index (χ1) is 16.9. The number of carbonyl (C=O) groups is 1. The van der Waals surface area contributed by atoms with E-state index >= 15 is 0 Å². The number of benzene rings is 2. The minimum atomic E-state index is -0.0825. The van der Waals surface area contributed by atoms with Gasteiger partial charge in [0.1, 0.15) is 29.5 Å². The van der Waals surface area contributed by atoms with Crippen LogP contribution in [-0.2, 0) is 6.42 Å². The molecule has 0 radical (unpaired) electrons. The average molecular weight is 475 g/mol. The molecule has 2 aliphatic heterocycles. The molecule has 9 nitrogen and oxygen atoms in total. The second-order valence-corrected chi connectivity index (χ2v) is 9.28. The van der Waals surface area contributed by atoms with Gasteiger partial charge in [-0.1, -0.05) is 0 Å². The summed E-state index contributed by atoms with van der Waals surface area (Å²) in [5, 5.41) is 26.1. The maximum atomic E-state index is 12.9. The second kappa shape index (κ2) is 9.32. The number of hydrogen-bond donors (Lipinski definition) is 4. The number of fused-ring (bicyclic) bond motifs is 1. The van der Waals surface area contributed by atoms with Crippen LogP contribution in [0, 0.1) is 13.8 Å². The van der Waals surface area contributed by atoms with E-state index in [4.69, 9.17) is 0 Å². The van der Waals surface area contributed by atoms with Gasteiger partial charge in [0.15, 0.2) is 0 Å². The number of anilines is 4. The van der Waals surface area contributed by atoms with Crippen LogP contribution in [0.25, 0.3) is 0 Å². The lowest BCUT2D eigenvalue weighted by atomic mass is 10.0. The number of carbonyl (C=O) groups excluding carboxylic acids is 1. The van der Waals surface area contributed by atoms with Gasteiger partial charge in [-0.15, -0.1) is 0 Å². The Kier molecular flexibility index (Phi) is 6.07. The van der Waals surface area contributed by atoms with Crippen molar-refractivity contribution in [1.82, 2.24) is 14.9 Å². The maximum absolute atomic E-state index is 12.9. The minimum absolute atomic E-state index is 0.0825. The highest BCUT2D eigenvalue weighted by Gasteiger charge is 2.30. The van der Waals surface area contributed by atoms with Gasteiger partial charge in [-0.2, -0.15) is 0 Å². The molecule has 182 valence electrons. The van der Waals surface area contributed by atoms with Crippen molar-refractivity contribution < 1.29 is 15.0 Å². The van der Waals surface area contributed by atoms with Gasteiger partial charge < -0.3 is 30.6 Å². The first-order valence-electron chi connectivity index (χ1n) is 11.9. The van der Waals surface area contributed by atoms with Gasteiger partial charge in [0.2, 0.25) is 0 Å². The van der Waals surface area contributed by atoms with Gasteiger partial charge in [-0.25, -0.2) is 14.8 Å². The third-order valence-corrected chi connectivity index (χ3v) is 6.86. The molecule has 1 fully saturated rings. The van der Waals surface area contributed by atoms with E-state index < -0.39 is 0 Å². The van der Waals surface area contributed by atoms with E-state index in [0.29, 0.717) is 24.5 Å². The second-order valence-electron chi connectivity index (χ2n) is 9.28. The number of piperidine rings is 1. The van der Waals surface area contributed by atoms with Crippen molar-refractivity contribution in [2.24, 2.45) is 0 Å². The lowest BCUT2D eigenvalue weighted by molar-refractivity contribution is 0.177. The molecule has 3 aromatic rings. The number of rotatable bonds is 4. The highest BCUT2D eigenvalue weighted by molar-refractivity contribution is 5.91. The van der Waals surface area contributed by atoms with Crippen LogP contribution in [0.1, 0.15) is 29.5 Å². The van der Waals surface area contributed by atoms with Crippen LogP contribution in [0.2, 0.25) is 0 Å². The summed E-state index contributed by atoms with van der Waals surface area (Å²) in [6.45, 7) is 5.94. The summed E-state index contributed by atoms with van der Waals surface area (Å²) in [5.74, 6) is 2.06. The van der Waals surface area contributed by atoms with Crippen molar-refractivity contribution in [2.45, 2.75) is 39.2 Å². The summed E-state index contributed by atoms with van der Waals surface area (Å²) in [4.78, 5) is 25.9.